The van der Waals surface area contributed by atoms with E-state index in [1.807, 2.05) is 6.92 Å². The molecule has 0 saturated carbocycles. The summed E-state index contributed by atoms with van der Waals surface area (Å²) in [5.74, 6) is 0. The van der Waals surface area contributed by atoms with Crippen molar-refractivity contribution >= 4 is 15.9 Å². The number of hydrogen-bond acceptors (Lipinski definition) is 1. The third kappa shape index (κ3) is 3.44. The van der Waals surface area contributed by atoms with Gasteiger partial charge < -0.3 is 4.74 Å². The van der Waals surface area contributed by atoms with Crippen LogP contribution in [0.15, 0.2) is 0 Å². The van der Waals surface area contributed by atoms with Crippen LogP contribution in [0, 0.1) is 0 Å². The van der Waals surface area contributed by atoms with Crippen LogP contribution in [-0.2, 0) is 4.74 Å². The molecule has 1 atom stereocenters. The van der Waals surface area contributed by atoms with E-state index in [0.717, 1.165) is 18.4 Å². The van der Waals surface area contributed by atoms with Crippen molar-refractivity contribution in [3.63, 3.8) is 0 Å². The van der Waals surface area contributed by atoms with Crippen molar-refractivity contribution < 1.29 is 4.74 Å². The van der Waals surface area contributed by atoms with Gasteiger partial charge in [0.2, 0.25) is 0 Å². The van der Waals surface area contributed by atoms with Gasteiger partial charge in [-0.2, -0.15) is 0 Å². The number of alkyl halides is 1. The first kappa shape index (κ1) is 8.44. The van der Waals surface area contributed by atoms with Crippen LogP contribution < -0.4 is 0 Å². The van der Waals surface area contributed by atoms with Crippen molar-refractivity contribution in [2.24, 2.45) is 0 Å². The minimum Gasteiger partial charge on any atom is -0.378 e. The van der Waals surface area contributed by atoms with E-state index in [1.165, 1.54) is 0 Å². The number of hydrogen-bond donors (Lipinski definition) is 0. The molecule has 0 aromatic rings. The molecule has 0 rings (SSSR count). The van der Waals surface area contributed by atoms with Crippen LogP contribution in [0.4, 0.5) is 0 Å². The molecule has 8 heavy (non-hydrogen) atoms. The average molecular weight is 181 g/mol. The van der Waals surface area contributed by atoms with Gasteiger partial charge in [0.15, 0.2) is 0 Å². The maximum Gasteiger partial charge on any atom is 0.0669 e. The Morgan fingerprint density at radius 3 is 2.25 bits per heavy atom. The smallest absolute Gasteiger partial charge is 0.0669 e. The lowest BCUT2D eigenvalue weighted by molar-refractivity contribution is 0.0781. The third-order valence-corrected chi connectivity index (χ3v) is 1.75. The topological polar surface area (TPSA) is 9.23 Å². The minimum absolute atomic E-state index is 0.417. The van der Waals surface area contributed by atoms with Crippen molar-refractivity contribution in [1.29, 1.82) is 0 Å². The molecule has 0 N–H and O–H groups in total. The minimum atomic E-state index is 0.417. The Morgan fingerprint density at radius 1 is 1.50 bits per heavy atom. The Bertz CT molecular complexity index is 43.8. The predicted molar refractivity (Wildman–Crippen MR) is 39.5 cm³/mol. The van der Waals surface area contributed by atoms with Gasteiger partial charge >= 0.3 is 0 Å². The zero-order valence-electron chi connectivity index (χ0n) is 5.48. The van der Waals surface area contributed by atoms with E-state index in [0.29, 0.717) is 6.10 Å². The van der Waals surface area contributed by atoms with Gasteiger partial charge in [-0.25, -0.2) is 0 Å². The summed E-state index contributed by atoms with van der Waals surface area (Å²) in [6.07, 6.45) is 1.51. The number of ether oxygens (including phenoxy) is 1. The van der Waals surface area contributed by atoms with E-state index in [2.05, 4.69) is 22.9 Å². The molecule has 0 aromatic carbocycles. The predicted octanol–water partition coefficient (Wildman–Crippen LogP) is 2.20. The summed E-state index contributed by atoms with van der Waals surface area (Å²) >= 11 is 3.35. The molecule has 0 aliphatic heterocycles. The molecule has 0 fully saturated rings. The largest absolute Gasteiger partial charge is 0.378 e. The van der Waals surface area contributed by atoms with Gasteiger partial charge in [-0.3, -0.25) is 0 Å². The summed E-state index contributed by atoms with van der Waals surface area (Å²) in [5, 5.41) is 0.956. The highest BCUT2D eigenvalue weighted by Gasteiger charge is 1.99. The van der Waals surface area contributed by atoms with Crippen molar-refractivity contribution in [3.05, 3.63) is 0 Å². The Balaban J connectivity index is 3.07. The molecule has 0 saturated heterocycles. The Labute approximate surface area is 59.5 Å². The molecule has 0 heterocycles. The highest BCUT2D eigenvalue weighted by Crippen LogP contribution is 2.00. The highest BCUT2D eigenvalue weighted by atomic mass is 79.9. The lowest BCUT2D eigenvalue weighted by Crippen LogP contribution is -2.12. The van der Waals surface area contributed by atoms with E-state index >= 15 is 0 Å². The van der Waals surface area contributed by atoms with Crippen LogP contribution in [0.3, 0.4) is 0 Å². The normalized spacial score (nSPS) is 13.9. The number of rotatable bonds is 4. The molecule has 0 bridgehead atoms. The van der Waals surface area contributed by atoms with Crippen molar-refractivity contribution in [3.8, 4) is 0 Å². The van der Waals surface area contributed by atoms with Gasteiger partial charge in [0.25, 0.3) is 0 Å². The van der Waals surface area contributed by atoms with Gasteiger partial charge in [-0.05, 0) is 13.3 Å². The maximum atomic E-state index is 5.29. The molecular weight excluding hydrogens is 168 g/mol. The summed E-state index contributed by atoms with van der Waals surface area (Å²) in [6.45, 7) is 4.97. The van der Waals surface area contributed by atoms with E-state index < -0.39 is 0 Å². The quantitative estimate of drug-likeness (QED) is 0.604. The SMILES string of the molecule is CCO[C@H](CC)CBr. The van der Waals surface area contributed by atoms with Gasteiger partial charge in [-0.1, -0.05) is 22.9 Å². The Hall–Kier alpha value is 0.440. The lowest BCUT2D eigenvalue weighted by Gasteiger charge is -2.09. The fourth-order valence-electron chi connectivity index (χ4n) is 0.507. The monoisotopic (exact) mass is 180 g/mol. The average Bonchev–Trinajstić information content (AvgIpc) is 1.83. The van der Waals surface area contributed by atoms with Gasteiger partial charge in [0, 0.05) is 11.9 Å². The second-order valence-electron chi connectivity index (χ2n) is 1.64. The van der Waals surface area contributed by atoms with E-state index in [1.54, 1.807) is 0 Å². The molecule has 0 unspecified atom stereocenters. The summed E-state index contributed by atoms with van der Waals surface area (Å²) in [5.41, 5.74) is 0. The van der Waals surface area contributed by atoms with E-state index in [4.69, 9.17) is 4.74 Å². The summed E-state index contributed by atoms with van der Waals surface area (Å²) < 4.78 is 5.29. The van der Waals surface area contributed by atoms with E-state index in [9.17, 15) is 0 Å². The standard InChI is InChI=1S/C6H13BrO/c1-3-6(5-7)8-4-2/h6H,3-5H2,1-2H3/t6-/m1/s1. The third-order valence-electron chi connectivity index (χ3n) is 1.03. The summed E-state index contributed by atoms with van der Waals surface area (Å²) in [7, 11) is 0. The first-order valence-electron chi connectivity index (χ1n) is 3.02. The van der Waals surface area contributed by atoms with Crippen LogP contribution >= 0.6 is 15.9 Å². The first-order valence-corrected chi connectivity index (χ1v) is 4.14. The molecule has 0 spiro atoms. The maximum absolute atomic E-state index is 5.29. The van der Waals surface area contributed by atoms with Crippen molar-refractivity contribution in [2.45, 2.75) is 26.4 Å². The van der Waals surface area contributed by atoms with Gasteiger partial charge in [0.05, 0.1) is 6.10 Å². The fourth-order valence-corrected chi connectivity index (χ4v) is 1.15. The molecular formula is C6H13BrO. The van der Waals surface area contributed by atoms with Crippen molar-refractivity contribution in [2.75, 3.05) is 11.9 Å². The number of halogens is 1. The Morgan fingerprint density at radius 2 is 2.12 bits per heavy atom. The molecule has 0 radical (unpaired) electrons. The first-order chi connectivity index (χ1) is 3.85. The van der Waals surface area contributed by atoms with Crippen LogP contribution in [-0.4, -0.2) is 18.0 Å². The van der Waals surface area contributed by atoms with Crippen LogP contribution in [0.5, 0.6) is 0 Å². The Kier molecular flexibility index (Phi) is 5.88. The molecule has 0 aliphatic carbocycles. The van der Waals surface area contributed by atoms with Crippen LogP contribution in [0.25, 0.3) is 0 Å². The van der Waals surface area contributed by atoms with Crippen LogP contribution in [0.1, 0.15) is 20.3 Å². The summed E-state index contributed by atoms with van der Waals surface area (Å²) in [6, 6.07) is 0. The van der Waals surface area contributed by atoms with E-state index in [-0.39, 0.29) is 0 Å². The highest BCUT2D eigenvalue weighted by molar-refractivity contribution is 9.09. The molecule has 2 heteroatoms. The van der Waals surface area contributed by atoms with Crippen LogP contribution in [0.2, 0.25) is 0 Å². The van der Waals surface area contributed by atoms with Crippen molar-refractivity contribution in [1.82, 2.24) is 0 Å². The molecule has 50 valence electrons. The summed E-state index contributed by atoms with van der Waals surface area (Å²) in [4.78, 5) is 0. The molecule has 0 aliphatic rings. The molecule has 0 amide bonds. The fraction of sp³-hybridized carbons (Fsp3) is 1.00. The zero-order valence-corrected chi connectivity index (χ0v) is 7.07. The van der Waals surface area contributed by atoms with Gasteiger partial charge in [-0.15, -0.1) is 0 Å². The van der Waals surface area contributed by atoms with Gasteiger partial charge in [0.1, 0.15) is 0 Å². The zero-order chi connectivity index (χ0) is 6.41. The second-order valence-corrected chi connectivity index (χ2v) is 2.29. The lowest BCUT2D eigenvalue weighted by atomic mass is 10.3. The molecule has 0 aromatic heterocycles. The molecule has 1 nitrogen and oxygen atoms in total. The second kappa shape index (κ2) is 5.57.